The third kappa shape index (κ3) is 2.78. The molecular weight excluding hydrogens is 312 g/mol. The minimum Gasteiger partial charge on any atom is -0.507 e. The molecule has 0 bridgehead atoms. The molecule has 0 unspecified atom stereocenters. The zero-order valence-electron chi connectivity index (χ0n) is 13.7. The van der Waals surface area contributed by atoms with Crippen molar-refractivity contribution in [3.8, 4) is 11.5 Å². The van der Waals surface area contributed by atoms with Crippen LogP contribution in [0.3, 0.4) is 0 Å². The van der Waals surface area contributed by atoms with Gasteiger partial charge in [0.05, 0.1) is 18.3 Å². The Bertz CT molecular complexity index is 1100. The topological polar surface area (TPSA) is 54.7 Å². The third-order valence-corrected chi connectivity index (χ3v) is 4.19. The quantitative estimate of drug-likeness (QED) is 0.547. The molecule has 25 heavy (non-hydrogen) atoms. The Morgan fingerprint density at radius 3 is 2.72 bits per heavy atom. The zero-order chi connectivity index (χ0) is 17.2. The van der Waals surface area contributed by atoms with Crippen molar-refractivity contribution < 1.29 is 9.84 Å². The molecule has 0 aliphatic carbocycles. The summed E-state index contributed by atoms with van der Waals surface area (Å²) in [4.78, 5) is 8.99. The van der Waals surface area contributed by atoms with Crippen molar-refractivity contribution in [2.45, 2.75) is 0 Å². The van der Waals surface area contributed by atoms with E-state index in [4.69, 9.17) is 4.74 Å². The first-order chi connectivity index (χ1) is 12.3. The van der Waals surface area contributed by atoms with Gasteiger partial charge in [-0.05, 0) is 41.1 Å². The van der Waals surface area contributed by atoms with Crippen LogP contribution in [0.15, 0.2) is 71.9 Å². The second-order valence-electron chi connectivity index (χ2n) is 5.70. The molecule has 4 nitrogen and oxygen atoms in total. The Kier molecular flexibility index (Phi) is 3.78. The number of nitrogens with zero attached hydrogens (tertiary/aromatic N) is 2. The molecule has 0 amide bonds. The van der Waals surface area contributed by atoms with E-state index >= 15 is 0 Å². The molecule has 1 aromatic heterocycles. The normalized spacial score (nSPS) is 11.4. The van der Waals surface area contributed by atoms with Gasteiger partial charge < -0.3 is 9.84 Å². The molecule has 0 aliphatic rings. The molecule has 122 valence electrons. The standard InChI is InChI=1S/C21H16N2O2/c1-25-16-9-7-14-8-10-20(24)18(17(14)12-16)13-23-19-6-2-4-15-5-3-11-22-21(15)19/h2-13,24H,1H3. The molecule has 0 saturated heterocycles. The number of ether oxygens (including phenoxy) is 1. The third-order valence-electron chi connectivity index (χ3n) is 4.19. The van der Waals surface area contributed by atoms with Crippen molar-refractivity contribution in [2.75, 3.05) is 7.11 Å². The molecule has 0 saturated carbocycles. The van der Waals surface area contributed by atoms with Crippen LogP contribution in [0.5, 0.6) is 11.5 Å². The van der Waals surface area contributed by atoms with E-state index in [0.29, 0.717) is 5.56 Å². The van der Waals surface area contributed by atoms with Crippen molar-refractivity contribution in [3.63, 3.8) is 0 Å². The summed E-state index contributed by atoms with van der Waals surface area (Å²) in [6.45, 7) is 0. The highest BCUT2D eigenvalue weighted by Gasteiger charge is 2.07. The molecule has 0 atom stereocenters. The number of benzene rings is 3. The van der Waals surface area contributed by atoms with Crippen LogP contribution in [-0.2, 0) is 0 Å². The van der Waals surface area contributed by atoms with Crippen LogP contribution in [0.2, 0.25) is 0 Å². The Hall–Kier alpha value is -3.40. The van der Waals surface area contributed by atoms with Crippen molar-refractivity contribution in [1.82, 2.24) is 4.98 Å². The first-order valence-electron chi connectivity index (χ1n) is 7.94. The fraction of sp³-hybridized carbons (Fsp3) is 0.0476. The van der Waals surface area contributed by atoms with Crippen LogP contribution in [0, 0.1) is 0 Å². The summed E-state index contributed by atoms with van der Waals surface area (Å²) in [5, 5.41) is 13.2. The van der Waals surface area contributed by atoms with E-state index in [2.05, 4.69) is 9.98 Å². The van der Waals surface area contributed by atoms with Gasteiger partial charge in [0, 0.05) is 23.4 Å². The molecule has 1 N–H and O–H groups in total. The van der Waals surface area contributed by atoms with Crippen LogP contribution < -0.4 is 4.74 Å². The number of hydrogen-bond acceptors (Lipinski definition) is 4. The van der Waals surface area contributed by atoms with Crippen LogP contribution >= 0.6 is 0 Å². The van der Waals surface area contributed by atoms with Gasteiger partial charge in [0.1, 0.15) is 11.5 Å². The number of phenolic OH excluding ortho intramolecular Hbond substituents is 1. The number of rotatable bonds is 3. The molecule has 0 fully saturated rings. The number of methoxy groups -OCH3 is 1. The molecule has 4 aromatic rings. The van der Waals surface area contributed by atoms with Gasteiger partial charge in [0.2, 0.25) is 0 Å². The molecule has 0 spiro atoms. The van der Waals surface area contributed by atoms with Crippen molar-refractivity contribution in [3.05, 3.63) is 72.4 Å². The van der Waals surface area contributed by atoms with E-state index < -0.39 is 0 Å². The fourth-order valence-corrected chi connectivity index (χ4v) is 2.90. The number of aromatic nitrogens is 1. The highest BCUT2D eigenvalue weighted by Crippen LogP contribution is 2.30. The maximum absolute atomic E-state index is 10.3. The average molecular weight is 328 g/mol. The van der Waals surface area contributed by atoms with E-state index in [1.807, 2.05) is 54.6 Å². The molecule has 3 aromatic carbocycles. The lowest BCUT2D eigenvalue weighted by Gasteiger charge is -2.07. The number of pyridine rings is 1. The predicted octanol–water partition coefficient (Wildman–Crippen LogP) is 4.85. The lowest BCUT2D eigenvalue weighted by atomic mass is 10.0. The Morgan fingerprint density at radius 2 is 1.84 bits per heavy atom. The van der Waals surface area contributed by atoms with Crippen LogP contribution in [0.1, 0.15) is 5.56 Å². The SMILES string of the molecule is COc1ccc2ccc(O)c(C=Nc3cccc4cccnc34)c2c1. The summed E-state index contributed by atoms with van der Waals surface area (Å²) in [7, 11) is 1.62. The first-order valence-corrected chi connectivity index (χ1v) is 7.94. The van der Waals surface area contributed by atoms with Crippen molar-refractivity contribution in [2.24, 2.45) is 4.99 Å². The summed E-state index contributed by atoms with van der Waals surface area (Å²) >= 11 is 0. The van der Waals surface area contributed by atoms with Gasteiger partial charge in [0.15, 0.2) is 0 Å². The van der Waals surface area contributed by atoms with E-state index in [1.54, 1.807) is 25.6 Å². The number of aliphatic imine (C=N–C) groups is 1. The molecule has 0 radical (unpaired) electrons. The van der Waals surface area contributed by atoms with Crippen molar-refractivity contribution in [1.29, 1.82) is 0 Å². The first kappa shape index (κ1) is 15.1. The predicted molar refractivity (Wildman–Crippen MR) is 101 cm³/mol. The maximum atomic E-state index is 10.3. The number of fused-ring (bicyclic) bond motifs is 2. The van der Waals surface area contributed by atoms with Crippen molar-refractivity contribution >= 4 is 33.6 Å². The van der Waals surface area contributed by atoms with Gasteiger partial charge in [-0.1, -0.05) is 30.3 Å². The highest BCUT2D eigenvalue weighted by molar-refractivity contribution is 6.04. The van der Waals surface area contributed by atoms with Crippen LogP contribution in [-0.4, -0.2) is 23.4 Å². The van der Waals surface area contributed by atoms with E-state index in [1.165, 1.54) is 0 Å². The summed E-state index contributed by atoms with van der Waals surface area (Å²) in [5.41, 5.74) is 2.25. The second-order valence-corrected chi connectivity index (χ2v) is 5.70. The summed E-state index contributed by atoms with van der Waals surface area (Å²) in [5.74, 6) is 0.914. The van der Waals surface area contributed by atoms with E-state index in [0.717, 1.165) is 33.1 Å². The fourth-order valence-electron chi connectivity index (χ4n) is 2.90. The number of para-hydroxylation sites is 1. The van der Waals surface area contributed by atoms with Gasteiger partial charge in [-0.2, -0.15) is 0 Å². The maximum Gasteiger partial charge on any atom is 0.124 e. The number of aromatic hydroxyl groups is 1. The molecular formula is C21H16N2O2. The monoisotopic (exact) mass is 328 g/mol. The summed E-state index contributed by atoms with van der Waals surface area (Å²) in [6.07, 6.45) is 3.43. The van der Waals surface area contributed by atoms with E-state index in [9.17, 15) is 5.11 Å². The Morgan fingerprint density at radius 1 is 1.00 bits per heavy atom. The number of hydrogen-bond donors (Lipinski definition) is 1. The van der Waals surface area contributed by atoms with Crippen LogP contribution in [0.25, 0.3) is 21.7 Å². The average Bonchev–Trinajstić information content (AvgIpc) is 2.66. The Balaban J connectivity index is 1.87. The largest absolute Gasteiger partial charge is 0.507 e. The molecule has 0 aliphatic heterocycles. The molecule has 4 rings (SSSR count). The minimum absolute atomic E-state index is 0.178. The summed E-state index contributed by atoms with van der Waals surface area (Å²) in [6, 6.07) is 19.1. The molecule has 1 heterocycles. The van der Waals surface area contributed by atoms with Gasteiger partial charge in [-0.15, -0.1) is 0 Å². The highest BCUT2D eigenvalue weighted by atomic mass is 16.5. The zero-order valence-corrected chi connectivity index (χ0v) is 13.7. The summed E-state index contributed by atoms with van der Waals surface area (Å²) < 4.78 is 5.30. The molecule has 4 heteroatoms. The van der Waals surface area contributed by atoms with Gasteiger partial charge in [0.25, 0.3) is 0 Å². The minimum atomic E-state index is 0.178. The Labute approximate surface area is 145 Å². The van der Waals surface area contributed by atoms with E-state index in [-0.39, 0.29) is 5.75 Å². The van der Waals surface area contributed by atoms with Gasteiger partial charge >= 0.3 is 0 Å². The lowest BCUT2D eigenvalue weighted by molar-refractivity contribution is 0.415. The number of phenols is 1. The smallest absolute Gasteiger partial charge is 0.124 e. The lowest BCUT2D eigenvalue weighted by Crippen LogP contribution is -1.89. The van der Waals surface area contributed by atoms with Crippen LogP contribution in [0.4, 0.5) is 5.69 Å². The van der Waals surface area contributed by atoms with Gasteiger partial charge in [-0.3, -0.25) is 9.98 Å². The van der Waals surface area contributed by atoms with Gasteiger partial charge in [-0.25, -0.2) is 0 Å². The second kappa shape index (κ2) is 6.24.